The van der Waals surface area contributed by atoms with Crippen LogP contribution >= 0.6 is 0 Å². The van der Waals surface area contributed by atoms with E-state index in [-0.39, 0.29) is 6.61 Å². The number of nitrogens with zero attached hydrogens (tertiary/aromatic N) is 2. The number of ether oxygens (including phenoxy) is 1. The summed E-state index contributed by atoms with van der Waals surface area (Å²) in [6.45, 7) is 3.92. The molecule has 2 rings (SSSR count). The van der Waals surface area contributed by atoms with Gasteiger partial charge in [0.1, 0.15) is 0 Å². The molecule has 0 unspecified atom stereocenters. The molecule has 0 bridgehead atoms. The van der Waals surface area contributed by atoms with Crippen molar-refractivity contribution in [1.82, 2.24) is 10.1 Å². The zero-order chi connectivity index (χ0) is 14.4. The highest BCUT2D eigenvalue weighted by Gasteiger charge is 2.06. The van der Waals surface area contributed by atoms with Crippen molar-refractivity contribution in [2.24, 2.45) is 0 Å². The van der Waals surface area contributed by atoms with E-state index >= 15 is 0 Å². The molecule has 0 amide bonds. The van der Waals surface area contributed by atoms with Crippen LogP contribution in [0.2, 0.25) is 0 Å². The van der Waals surface area contributed by atoms with Gasteiger partial charge in [-0.3, -0.25) is 0 Å². The van der Waals surface area contributed by atoms with E-state index < -0.39 is 5.97 Å². The van der Waals surface area contributed by atoms with Crippen LogP contribution in [-0.2, 0) is 22.6 Å². The molecule has 0 aliphatic carbocycles. The summed E-state index contributed by atoms with van der Waals surface area (Å²) < 4.78 is 9.93. The Morgan fingerprint density at radius 2 is 2.10 bits per heavy atom. The number of aromatic nitrogens is 2. The minimum atomic E-state index is -0.443. The number of carbonyl (C=O) groups excluding carboxylic acids is 1. The third-order valence-electron chi connectivity index (χ3n) is 2.65. The molecule has 0 spiro atoms. The predicted molar refractivity (Wildman–Crippen MR) is 73.7 cm³/mol. The molecule has 0 N–H and O–H groups in total. The van der Waals surface area contributed by atoms with Crippen molar-refractivity contribution in [1.29, 1.82) is 0 Å². The molecule has 0 radical (unpaired) electrons. The van der Waals surface area contributed by atoms with Gasteiger partial charge in [-0.15, -0.1) is 0 Å². The number of hydrogen-bond acceptors (Lipinski definition) is 5. The van der Waals surface area contributed by atoms with Gasteiger partial charge in [0.05, 0.1) is 0 Å². The van der Waals surface area contributed by atoms with E-state index in [1.54, 1.807) is 6.08 Å². The molecule has 0 aliphatic rings. The van der Waals surface area contributed by atoms with Gasteiger partial charge in [-0.05, 0) is 18.6 Å². The van der Waals surface area contributed by atoms with Gasteiger partial charge < -0.3 is 9.26 Å². The van der Waals surface area contributed by atoms with Gasteiger partial charge in [0.25, 0.3) is 5.89 Å². The molecule has 0 fully saturated rings. The first-order valence-electron chi connectivity index (χ1n) is 6.40. The molecule has 1 heterocycles. The summed E-state index contributed by atoms with van der Waals surface area (Å²) in [5, 5.41) is 3.72. The summed E-state index contributed by atoms with van der Waals surface area (Å²) in [5.74, 6) is 0.465. The van der Waals surface area contributed by atoms with Gasteiger partial charge >= 0.3 is 5.97 Å². The highest BCUT2D eigenvalue weighted by atomic mass is 16.6. The molecule has 0 aliphatic heterocycles. The van der Waals surface area contributed by atoms with Crippen molar-refractivity contribution in [3.05, 3.63) is 53.2 Å². The van der Waals surface area contributed by atoms with Crippen LogP contribution in [0, 0.1) is 6.92 Å². The molecular weight excluding hydrogens is 256 g/mol. The number of benzene rings is 1. The van der Waals surface area contributed by atoms with E-state index in [4.69, 9.17) is 9.26 Å². The fourth-order valence-electron chi connectivity index (χ4n) is 1.52. The van der Waals surface area contributed by atoms with Crippen LogP contribution in [0.15, 0.2) is 34.9 Å². The number of esters is 1. The number of carbonyl (C=O) groups is 1. The lowest BCUT2D eigenvalue weighted by Crippen LogP contribution is -2.01. The molecule has 5 nitrogen and oxygen atoms in total. The zero-order valence-electron chi connectivity index (χ0n) is 11.5. The standard InChI is InChI=1S/C15H16N2O3/c1-3-13-16-14(20-17-13)10-19-15(18)9-8-12-6-4-11(2)5-7-12/h4-9H,3,10H2,1-2H3/b9-8+. The third kappa shape index (κ3) is 4.05. The largest absolute Gasteiger partial charge is 0.452 e. The third-order valence-corrected chi connectivity index (χ3v) is 2.65. The molecule has 0 saturated carbocycles. The van der Waals surface area contributed by atoms with Crippen molar-refractivity contribution >= 4 is 12.0 Å². The number of hydrogen-bond donors (Lipinski definition) is 0. The Hall–Kier alpha value is -2.43. The lowest BCUT2D eigenvalue weighted by molar-refractivity contribution is -0.139. The van der Waals surface area contributed by atoms with Crippen molar-refractivity contribution in [3.63, 3.8) is 0 Å². The van der Waals surface area contributed by atoms with Crippen LogP contribution < -0.4 is 0 Å². The quantitative estimate of drug-likeness (QED) is 0.618. The van der Waals surface area contributed by atoms with Crippen LogP contribution in [0.25, 0.3) is 6.08 Å². The average Bonchev–Trinajstić information content (AvgIpc) is 2.92. The second-order valence-electron chi connectivity index (χ2n) is 4.31. The normalized spacial score (nSPS) is 10.9. The van der Waals surface area contributed by atoms with Gasteiger partial charge in [-0.2, -0.15) is 4.98 Å². The number of rotatable bonds is 5. The average molecular weight is 272 g/mol. The summed E-state index contributed by atoms with van der Waals surface area (Å²) in [6.07, 6.45) is 3.76. The second kappa shape index (κ2) is 6.65. The summed E-state index contributed by atoms with van der Waals surface area (Å²) in [7, 11) is 0. The van der Waals surface area contributed by atoms with Crippen LogP contribution in [0.3, 0.4) is 0 Å². The maximum absolute atomic E-state index is 11.5. The monoisotopic (exact) mass is 272 g/mol. The molecule has 5 heteroatoms. The molecule has 104 valence electrons. The Kier molecular flexibility index (Phi) is 4.65. The molecule has 0 saturated heterocycles. The van der Waals surface area contributed by atoms with E-state index in [0.717, 1.165) is 5.56 Å². The SMILES string of the molecule is CCc1noc(COC(=O)/C=C/c2ccc(C)cc2)n1. The maximum Gasteiger partial charge on any atom is 0.331 e. The fraction of sp³-hybridized carbons (Fsp3) is 0.267. The van der Waals surface area contributed by atoms with E-state index in [2.05, 4.69) is 10.1 Å². The van der Waals surface area contributed by atoms with Crippen molar-refractivity contribution in [3.8, 4) is 0 Å². The fourth-order valence-corrected chi connectivity index (χ4v) is 1.52. The minimum Gasteiger partial charge on any atom is -0.452 e. The highest BCUT2D eigenvalue weighted by Crippen LogP contribution is 2.06. The lowest BCUT2D eigenvalue weighted by atomic mass is 10.1. The Labute approximate surface area is 117 Å². The van der Waals surface area contributed by atoms with Crippen LogP contribution in [0.1, 0.15) is 29.8 Å². The van der Waals surface area contributed by atoms with E-state index in [1.165, 1.54) is 11.6 Å². The molecule has 0 atom stereocenters. The summed E-state index contributed by atoms with van der Waals surface area (Å²) in [5.41, 5.74) is 2.12. The van der Waals surface area contributed by atoms with E-state index in [0.29, 0.717) is 18.1 Å². The molecular formula is C15H16N2O3. The van der Waals surface area contributed by atoms with Gasteiger partial charge in [-0.1, -0.05) is 41.9 Å². The van der Waals surface area contributed by atoms with Gasteiger partial charge in [0.2, 0.25) is 0 Å². The molecule has 1 aromatic carbocycles. The summed E-state index contributed by atoms with van der Waals surface area (Å²) in [4.78, 5) is 15.6. The molecule has 20 heavy (non-hydrogen) atoms. The second-order valence-corrected chi connectivity index (χ2v) is 4.31. The molecule has 1 aromatic heterocycles. The molecule has 2 aromatic rings. The zero-order valence-corrected chi connectivity index (χ0v) is 11.5. The lowest BCUT2D eigenvalue weighted by Gasteiger charge is -1.97. The minimum absolute atomic E-state index is 0.00985. The van der Waals surface area contributed by atoms with Crippen molar-refractivity contribution < 1.29 is 14.1 Å². The first-order valence-corrected chi connectivity index (χ1v) is 6.40. The first kappa shape index (κ1) is 14.0. The van der Waals surface area contributed by atoms with Gasteiger partial charge in [0, 0.05) is 12.5 Å². The first-order chi connectivity index (χ1) is 9.67. The van der Waals surface area contributed by atoms with E-state index in [9.17, 15) is 4.79 Å². The van der Waals surface area contributed by atoms with Gasteiger partial charge in [-0.25, -0.2) is 4.79 Å². The van der Waals surface area contributed by atoms with Crippen LogP contribution in [0.4, 0.5) is 0 Å². The van der Waals surface area contributed by atoms with Gasteiger partial charge in [0.15, 0.2) is 12.4 Å². The summed E-state index contributed by atoms with van der Waals surface area (Å²) in [6, 6.07) is 7.83. The van der Waals surface area contributed by atoms with Crippen LogP contribution in [0.5, 0.6) is 0 Å². The predicted octanol–water partition coefficient (Wildman–Crippen LogP) is 2.70. The topological polar surface area (TPSA) is 65.2 Å². The van der Waals surface area contributed by atoms with Crippen molar-refractivity contribution in [2.45, 2.75) is 26.9 Å². The van der Waals surface area contributed by atoms with Crippen LogP contribution in [-0.4, -0.2) is 16.1 Å². The Morgan fingerprint density at radius 1 is 1.35 bits per heavy atom. The Morgan fingerprint density at radius 3 is 2.75 bits per heavy atom. The smallest absolute Gasteiger partial charge is 0.331 e. The number of aryl methyl sites for hydroxylation is 2. The Balaban J connectivity index is 1.84. The summed E-state index contributed by atoms with van der Waals surface area (Å²) >= 11 is 0. The maximum atomic E-state index is 11.5. The Bertz CT molecular complexity index is 600. The van der Waals surface area contributed by atoms with Crippen molar-refractivity contribution in [2.75, 3.05) is 0 Å². The van der Waals surface area contributed by atoms with E-state index in [1.807, 2.05) is 38.1 Å². The highest BCUT2D eigenvalue weighted by molar-refractivity contribution is 5.86.